The van der Waals surface area contributed by atoms with Crippen molar-refractivity contribution in [1.29, 1.82) is 0 Å². The second kappa shape index (κ2) is 5.72. The number of carbonyl (C=O) groups excluding carboxylic acids is 1. The van der Waals surface area contributed by atoms with Crippen LogP contribution < -0.4 is 5.32 Å². The first kappa shape index (κ1) is 13.9. The SMILES string of the molecule is CC(C)c1ccc(C(=O)N[C@@H]2CCc3ccccc32)cc1. The van der Waals surface area contributed by atoms with E-state index in [9.17, 15) is 4.79 Å². The van der Waals surface area contributed by atoms with Gasteiger partial charge in [0.2, 0.25) is 0 Å². The quantitative estimate of drug-likeness (QED) is 0.895. The summed E-state index contributed by atoms with van der Waals surface area (Å²) in [5.41, 5.74) is 4.63. The Morgan fingerprint density at radius 2 is 1.81 bits per heavy atom. The molecule has 1 aliphatic rings. The van der Waals surface area contributed by atoms with Crippen LogP contribution in [0.4, 0.5) is 0 Å². The van der Waals surface area contributed by atoms with Gasteiger partial charge in [-0.05, 0) is 47.6 Å². The van der Waals surface area contributed by atoms with Crippen LogP contribution in [0.2, 0.25) is 0 Å². The van der Waals surface area contributed by atoms with Gasteiger partial charge in [-0.2, -0.15) is 0 Å². The fourth-order valence-corrected chi connectivity index (χ4v) is 2.97. The van der Waals surface area contributed by atoms with E-state index in [2.05, 4.69) is 37.4 Å². The zero-order chi connectivity index (χ0) is 14.8. The van der Waals surface area contributed by atoms with Gasteiger partial charge in [0.1, 0.15) is 0 Å². The van der Waals surface area contributed by atoms with Crippen LogP contribution in [-0.2, 0) is 6.42 Å². The number of amides is 1. The molecule has 2 aromatic carbocycles. The van der Waals surface area contributed by atoms with E-state index < -0.39 is 0 Å². The summed E-state index contributed by atoms with van der Waals surface area (Å²) < 4.78 is 0. The molecule has 3 rings (SSSR count). The molecule has 21 heavy (non-hydrogen) atoms. The number of benzene rings is 2. The number of rotatable bonds is 3. The molecule has 2 heteroatoms. The van der Waals surface area contributed by atoms with Crippen LogP contribution in [0.25, 0.3) is 0 Å². The lowest BCUT2D eigenvalue weighted by molar-refractivity contribution is 0.0936. The predicted octanol–water partition coefficient (Wildman–Crippen LogP) is 4.23. The van der Waals surface area contributed by atoms with Crippen molar-refractivity contribution in [2.75, 3.05) is 0 Å². The molecule has 0 spiro atoms. The van der Waals surface area contributed by atoms with Crippen molar-refractivity contribution in [1.82, 2.24) is 5.32 Å². The Kier molecular flexibility index (Phi) is 3.78. The molecule has 0 saturated heterocycles. The van der Waals surface area contributed by atoms with Crippen LogP contribution in [0.1, 0.15) is 59.3 Å². The highest BCUT2D eigenvalue weighted by atomic mass is 16.1. The van der Waals surface area contributed by atoms with Gasteiger partial charge in [-0.3, -0.25) is 4.79 Å². The standard InChI is InChI=1S/C19H21NO/c1-13(2)14-7-9-16(10-8-14)19(21)20-18-12-11-15-5-3-4-6-17(15)18/h3-10,13,18H,11-12H2,1-2H3,(H,20,21)/t18-/m1/s1. The van der Waals surface area contributed by atoms with Crippen LogP contribution in [0.5, 0.6) is 0 Å². The summed E-state index contributed by atoms with van der Waals surface area (Å²) in [6.45, 7) is 4.31. The number of nitrogens with one attached hydrogen (secondary N) is 1. The number of hydrogen-bond acceptors (Lipinski definition) is 1. The van der Waals surface area contributed by atoms with E-state index in [4.69, 9.17) is 0 Å². The van der Waals surface area contributed by atoms with E-state index >= 15 is 0 Å². The van der Waals surface area contributed by atoms with Crippen LogP contribution >= 0.6 is 0 Å². The van der Waals surface area contributed by atoms with E-state index in [1.165, 1.54) is 16.7 Å². The van der Waals surface area contributed by atoms with Crippen LogP contribution in [-0.4, -0.2) is 5.91 Å². The van der Waals surface area contributed by atoms with Crippen molar-refractivity contribution in [2.45, 2.75) is 38.6 Å². The second-order valence-electron chi connectivity index (χ2n) is 6.04. The average molecular weight is 279 g/mol. The van der Waals surface area contributed by atoms with Gasteiger partial charge in [0.15, 0.2) is 0 Å². The van der Waals surface area contributed by atoms with Gasteiger partial charge in [-0.25, -0.2) is 0 Å². The van der Waals surface area contributed by atoms with Crippen LogP contribution in [0.15, 0.2) is 48.5 Å². The summed E-state index contributed by atoms with van der Waals surface area (Å²) in [6.07, 6.45) is 2.04. The molecule has 1 atom stereocenters. The van der Waals surface area contributed by atoms with E-state index in [0.29, 0.717) is 5.92 Å². The van der Waals surface area contributed by atoms with Gasteiger partial charge in [0, 0.05) is 5.56 Å². The molecule has 0 aliphatic heterocycles. The maximum atomic E-state index is 12.4. The maximum absolute atomic E-state index is 12.4. The van der Waals surface area contributed by atoms with Gasteiger partial charge in [-0.1, -0.05) is 50.2 Å². The third kappa shape index (κ3) is 2.85. The van der Waals surface area contributed by atoms with Crippen molar-refractivity contribution in [3.8, 4) is 0 Å². The Morgan fingerprint density at radius 3 is 2.52 bits per heavy atom. The predicted molar refractivity (Wildman–Crippen MR) is 85.5 cm³/mol. The number of hydrogen-bond donors (Lipinski definition) is 1. The molecular weight excluding hydrogens is 258 g/mol. The van der Waals surface area contributed by atoms with Gasteiger partial charge < -0.3 is 5.32 Å². The molecule has 0 aromatic heterocycles. The van der Waals surface area contributed by atoms with Crippen molar-refractivity contribution in [2.24, 2.45) is 0 Å². The van der Waals surface area contributed by atoms with Crippen molar-refractivity contribution in [3.63, 3.8) is 0 Å². The van der Waals surface area contributed by atoms with Crippen molar-refractivity contribution >= 4 is 5.91 Å². The Labute approximate surface area is 126 Å². The lowest BCUT2D eigenvalue weighted by Crippen LogP contribution is -2.27. The average Bonchev–Trinajstić information content (AvgIpc) is 2.91. The molecule has 0 unspecified atom stereocenters. The van der Waals surface area contributed by atoms with Crippen LogP contribution in [0.3, 0.4) is 0 Å². The summed E-state index contributed by atoms with van der Waals surface area (Å²) in [5, 5.41) is 3.16. The summed E-state index contributed by atoms with van der Waals surface area (Å²) in [5.74, 6) is 0.510. The molecule has 0 bridgehead atoms. The van der Waals surface area contributed by atoms with Gasteiger partial charge in [0.25, 0.3) is 5.91 Å². The van der Waals surface area contributed by atoms with Gasteiger partial charge in [-0.15, -0.1) is 0 Å². The van der Waals surface area contributed by atoms with E-state index in [0.717, 1.165) is 18.4 Å². The summed E-state index contributed by atoms with van der Waals surface area (Å²) in [7, 11) is 0. The third-order valence-corrected chi connectivity index (χ3v) is 4.28. The molecular formula is C19H21NO. The van der Waals surface area contributed by atoms with Gasteiger partial charge in [0.05, 0.1) is 6.04 Å². The summed E-state index contributed by atoms with van der Waals surface area (Å²) >= 11 is 0. The molecule has 1 aliphatic carbocycles. The van der Waals surface area contributed by atoms with E-state index in [1.54, 1.807) is 0 Å². The molecule has 2 nitrogen and oxygen atoms in total. The highest BCUT2D eigenvalue weighted by molar-refractivity contribution is 5.94. The van der Waals surface area contributed by atoms with E-state index in [1.807, 2.05) is 30.3 Å². The topological polar surface area (TPSA) is 29.1 Å². The molecule has 0 heterocycles. The lowest BCUT2D eigenvalue weighted by Gasteiger charge is -2.14. The normalized spacial score (nSPS) is 16.8. The van der Waals surface area contributed by atoms with Crippen molar-refractivity contribution < 1.29 is 4.79 Å². The Hall–Kier alpha value is -2.09. The fourth-order valence-electron chi connectivity index (χ4n) is 2.97. The molecule has 1 N–H and O–H groups in total. The minimum atomic E-state index is 0.0204. The second-order valence-corrected chi connectivity index (χ2v) is 6.04. The Bertz CT molecular complexity index is 643. The number of fused-ring (bicyclic) bond motifs is 1. The maximum Gasteiger partial charge on any atom is 0.251 e. The minimum absolute atomic E-state index is 0.0204. The van der Waals surface area contributed by atoms with Crippen LogP contribution in [0, 0.1) is 0 Å². The highest BCUT2D eigenvalue weighted by Gasteiger charge is 2.23. The molecule has 0 fully saturated rings. The van der Waals surface area contributed by atoms with E-state index in [-0.39, 0.29) is 11.9 Å². The first-order valence-electron chi connectivity index (χ1n) is 7.64. The minimum Gasteiger partial charge on any atom is -0.345 e. The molecule has 1 amide bonds. The summed E-state index contributed by atoms with van der Waals surface area (Å²) in [4.78, 5) is 12.4. The number of aryl methyl sites for hydroxylation is 1. The largest absolute Gasteiger partial charge is 0.345 e. The zero-order valence-electron chi connectivity index (χ0n) is 12.6. The molecule has 2 aromatic rings. The molecule has 0 saturated carbocycles. The third-order valence-electron chi connectivity index (χ3n) is 4.28. The Morgan fingerprint density at radius 1 is 1.10 bits per heavy atom. The fraction of sp³-hybridized carbons (Fsp3) is 0.316. The number of carbonyl (C=O) groups is 1. The van der Waals surface area contributed by atoms with Crippen molar-refractivity contribution in [3.05, 3.63) is 70.8 Å². The van der Waals surface area contributed by atoms with Gasteiger partial charge >= 0.3 is 0 Å². The Balaban J connectivity index is 1.72. The first-order valence-corrected chi connectivity index (χ1v) is 7.64. The molecule has 108 valence electrons. The monoisotopic (exact) mass is 279 g/mol. The lowest BCUT2D eigenvalue weighted by atomic mass is 10.0. The smallest absolute Gasteiger partial charge is 0.251 e. The zero-order valence-corrected chi connectivity index (χ0v) is 12.6. The molecule has 0 radical (unpaired) electrons. The first-order chi connectivity index (χ1) is 10.1. The summed E-state index contributed by atoms with van der Waals surface area (Å²) in [6, 6.07) is 16.5. The highest BCUT2D eigenvalue weighted by Crippen LogP contribution is 2.30.